The molecule has 1 aromatic rings. The van der Waals surface area contributed by atoms with E-state index in [2.05, 4.69) is 29.4 Å². The molecule has 3 rings (SSSR count). The molecular weight excluding hydrogens is 264 g/mol. The largest absolute Gasteiger partial charge is 0.497 e. The monoisotopic (exact) mass is 288 g/mol. The summed E-state index contributed by atoms with van der Waals surface area (Å²) in [6.07, 6.45) is 3.65. The Labute approximate surface area is 126 Å². The maximum absolute atomic E-state index is 11.2. The van der Waals surface area contributed by atoms with Gasteiger partial charge in [0.2, 0.25) is 5.91 Å². The molecule has 21 heavy (non-hydrogen) atoms. The van der Waals surface area contributed by atoms with E-state index in [0.717, 1.165) is 12.3 Å². The summed E-state index contributed by atoms with van der Waals surface area (Å²) in [5.74, 6) is 2.00. The zero-order valence-electron chi connectivity index (χ0n) is 13.1. The van der Waals surface area contributed by atoms with Crippen LogP contribution in [-0.2, 0) is 4.79 Å². The summed E-state index contributed by atoms with van der Waals surface area (Å²) in [6.45, 7) is 2.37. The van der Waals surface area contributed by atoms with Crippen molar-refractivity contribution in [1.82, 2.24) is 5.32 Å². The van der Waals surface area contributed by atoms with Gasteiger partial charge in [-0.15, -0.1) is 0 Å². The van der Waals surface area contributed by atoms with Gasteiger partial charge in [-0.1, -0.05) is 6.42 Å². The van der Waals surface area contributed by atoms with Crippen molar-refractivity contribution in [2.24, 2.45) is 5.92 Å². The molecule has 1 fully saturated rings. The van der Waals surface area contributed by atoms with E-state index < -0.39 is 0 Å². The van der Waals surface area contributed by atoms with Crippen LogP contribution in [0.4, 0.5) is 5.69 Å². The number of carbonyl (C=O) groups excluding carboxylic acids is 1. The average molecular weight is 288 g/mol. The molecular formula is C17H24N2O2. The van der Waals surface area contributed by atoms with Crippen molar-refractivity contribution < 1.29 is 9.53 Å². The Morgan fingerprint density at radius 1 is 1.43 bits per heavy atom. The van der Waals surface area contributed by atoms with Crippen LogP contribution >= 0.6 is 0 Å². The fourth-order valence-electron chi connectivity index (χ4n) is 4.09. The van der Waals surface area contributed by atoms with Gasteiger partial charge in [-0.3, -0.25) is 4.79 Å². The van der Waals surface area contributed by atoms with E-state index in [0.29, 0.717) is 17.9 Å². The molecule has 1 aliphatic carbocycles. The second kappa shape index (κ2) is 5.58. The fourth-order valence-corrected chi connectivity index (χ4v) is 4.09. The van der Waals surface area contributed by atoms with Crippen LogP contribution in [0.2, 0.25) is 0 Å². The first-order valence-electron chi connectivity index (χ1n) is 7.77. The van der Waals surface area contributed by atoms with Crippen molar-refractivity contribution >= 4 is 11.6 Å². The normalized spacial score (nSPS) is 27.0. The van der Waals surface area contributed by atoms with Crippen molar-refractivity contribution in [3.63, 3.8) is 0 Å². The number of benzene rings is 1. The number of amides is 1. The average Bonchev–Trinajstić information content (AvgIpc) is 2.78. The summed E-state index contributed by atoms with van der Waals surface area (Å²) in [5, 5.41) is 3.01. The third kappa shape index (κ3) is 2.47. The van der Waals surface area contributed by atoms with Crippen molar-refractivity contribution in [3.8, 4) is 5.75 Å². The molecule has 2 aliphatic rings. The maximum Gasteiger partial charge on any atom is 0.216 e. The molecule has 1 aromatic carbocycles. The van der Waals surface area contributed by atoms with E-state index >= 15 is 0 Å². The van der Waals surface area contributed by atoms with Crippen molar-refractivity contribution in [3.05, 3.63) is 23.8 Å². The second-order valence-electron chi connectivity index (χ2n) is 6.26. The smallest absolute Gasteiger partial charge is 0.216 e. The Balaban J connectivity index is 1.92. The molecule has 1 amide bonds. The predicted molar refractivity (Wildman–Crippen MR) is 84.0 cm³/mol. The number of carbonyl (C=O) groups is 1. The molecule has 0 bridgehead atoms. The highest BCUT2D eigenvalue weighted by molar-refractivity contribution is 5.72. The maximum atomic E-state index is 11.2. The minimum Gasteiger partial charge on any atom is -0.497 e. The Bertz CT molecular complexity index is 544. The van der Waals surface area contributed by atoms with Crippen LogP contribution in [0.5, 0.6) is 5.75 Å². The Hall–Kier alpha value is -1.71. The van der Waals surface area contributed by atoms with Crippen LogP contribution < -0.4 is 15.0 Å². The van der Waals surface area contributed by atoms with Gasteiger partial charge in [0.15, 0.2) is 0 Å². The zero-order chi connectivity index (χ0) is 15.0. The molecule has 114 valence electrons. The van der Waals surface area contributed by atoms with Gasteiger partial charge in [-0.05, 0) is 42.5 Å². The first-order valence-corrected chi connectivity index (χ1v) is 7.77. The van der Waals surface area contributed by atoms with Gasteiger partial charge in [0.05, 0.1) is 7.11 Å². The van der Waals surface area contributed by atoms with Gasteiger partial charge >= 0.3 is 0 Å². The Morgan fingerprint density at radius 3 is 2.95 bits per heavy atom. The van der Waals surface area contributed by atoms with Crippen molar-refractivity contribution in [2.75, 3.05) is 25.6 Å². The lowest BCUT2D eigenvalue weighted by Crippen LogP contribution is -2.40. The molecule has 1 N–H and O–H groups in total. The van der Waals surface area contributed by atoms with Crippen LogP contribution in [0, 0.1) is 5.92 Å². The highest BCUT2D eigenvalue weighted by Crippen LogP contribution is 2.50. The first kappa shape index (κ1) is 14.2. The number of hydrogen-bond donors (Lipinski definition) is 1. The van der Waals surface area contributed by atoms with E-state index in [1.165, 1.54) is 30.5 Å². The number of methoxy groups -OCH3 is 1. The topological polar surface area (TPSA) is 41.6 Å². The number of ether oxygens (including phenoxy) is 1. The number of fused-ring (bicyclic) bond motifs is 3. The molecule has 4 nitrogen and oxygen atoms in total. The summed E-state index contributed by atoms with van der Waals surface area (Å²) in [5.41, 5.74) is 2.71. The molecule has 1 aliphatic heterocycles. The minimum absolute atomic E-state index is 0.0642. The van der Waals surface area contributed by atoms with Crippen LogP contribution in [-0.4, -0.2) is 32.7 Å². The quantitative estimate of drug-likeness (QED) is 0.929. The molecule has 0 spiro atoms. The number of rotatable bonds is 3. The first-order chi connectivity index (χ1) is 10.1. The lowest BCUT2D eigenvalue weighted by molar-refractivity contribution is -0.119. The van der Waals surface area contributed by atoms with Gasteiger partial charge in [-0.25, -0.2) is 0 Å². The molecule has 3 atom stereocenters. The molecule has 1 heterocycles. The third-order valence-electron chi connectivity index (χ3n) is 5.08. The molecule has 3 unspecified atom stereocenters. The van der Waals surface area contributed by atoms with Gasteiger partial charge in [0, 0.05) is 38.2 Å². The summed E-state index contributed by atoms with van der Waals surface area (Å²) in [6, 6.07) is 6.94. The number of nitrogens with one attached hydrogen (secondary N) is 1. The zero-order valence-corrected chi connectivity index (χ0v) is 13.1. The predicted octanol–water partition coefficient (Wildman–Crippen LogP) is 2.53. The van der Waals surface area contributed by atoms with E-state index in [9.17, 15) is 4.79 Å². The molecule has 0 saturated heterocycles. The van der Waals surface area contributed by atoms with E-state index in [4.69, 9.17) is 4.74 Å². The molecule has 0 radical (unpaired) electrons. The SMILES string of the molecule is COc1ccc2c(c1)C1C(CNC(C)=O)CCCC1N2C. The van der Waals surface area contributed by atoms with E-state index in [1.807, 2.05) is 6.07 Å². The van der Waals surface area contributed by atoms with Crippen LogP contribution in [0.25, 0.3) is 0 Å². The Morgan fingerprint density at radius 2 is 2.24 bits per heavy atom. The lowest BCUT2D eigenvalue weighted by Gasteiger charge is -2.37. The molecule has 1 saturated carbocycles. The van der Waals surface area contributed by atoms with Crippen molar-refractivity contribution in [1.29, 1.82) is 0 Å². The van der Waals surface area contributed by atoms with Gasteiger partial charge in [0.25, 0.3) is 0 Å². The number of hydrogen-bond acceptors (Lipinski definition) is 3. The van der Waals surface area contributed by atoms with E-state index in [1.54, 1.807) is 14.0 Å². The van der Waals surface area contributed by atoms with Crippen molar-refractivity contribution in [2.45, 2.75) is 38.1 Å². The molecule has 4 heteroatoms. The van der Waals surface area contributed by atoms with Gasteiger partial charge in [-0.2, -0.15) is 0 Å². The third-order valence-corrected chi connectivity index (χ3v) is 5.08. The number of nitrogens with zero attached hydrogens (tertiary/aromatic N) is 1. The van der Waals surface area contributed by atoms with Gasteiger partial charge in [0.1, 0.15) is 5.75 Å². The van der Waals surface area contributed by atoms with Crippen LogP contribution in [0.15, 0.2) is 18.2 Å². The minimum atomic E-state index is 0.0642. The Kier molecular flexibility index (Phi) is 3.79. The lowest BCUT2D eigenvalue weighted by atomic mass is 9.74. The fraction of sp³-hybridized carbons (Fsp3) is 0.588. The van der Waals surface area contributed by atoms with Gasteiger partial charge < -0.3 is 15.0 Å². The standard InChI is InChI=1S/C17H24N2O2/c1-11(20)18-10-12-5-4-6-16-17(12)14-9-13(21-3)7-8-15(14)19(16)2/h7-9,12,16-17H,4-6,10H2,1-3H3,(H,18,20). The summed E-state index contributed by atoms with van der Waals surface area (Å²) in [4.78, 5) is 13.7. The van der Waals surface area contributed by atoms with Crippen LogP contribution in [0.1, 0.15) is 37.7 Å². The summed E-state index contributed by atoms with van der Waals surface area (Å²) >= 11 is 0. The molecule has 0 aromatic heterocycles. The summed E-state index contributed by atoms with van der Waals surface area (Å²) < 4.78 is 5.40. The summed E-state index contributed by atoms with van der Waals surface area (Å²) in [7, 11) is 3.91. The number of anilines is 1. The van der Waals surface area contributed by atoms with Crippen LogP contribution in [0.3, 0.4) is 0 Å². The number of likely N-dealkylation sites (N-methyl/N-ethyl adjacent to an activating group) is 1. The second-order valence-corrected chi connectivity index (χ2v) is 6.26. The highest BCUT2D eigenvalue weighted by atomic mass is 16.5. The highest BCUT2D eigenvalue weighted by Gasteiger charge is 2.43. The van der Waals surface area contributed by atoms with E-state index in [-0.39, 0.29) is 5.91 Å².